The van der Waals surface area contributed by atoms with Crippen molar-refractivity contribution in [2.45, 2.75) is 58.8 Å². The van der Waals surface area contributed by atoms with Gasteiger partial charge in [-0.1, -0.05) is 20.4 Å². The summed E-state index contributed by atoms with van der Waals surface area (Å²) in [6.45, 7) is 8.17. The van der Waals surface area contributed by atoms with Gasteiger partial charge < -0.3 is 9.84 Å². The number of carboxylic acid groups (broad SMARTS) is 1. The van der Waals surface area contributed by atoms with Crippen LogP contribution in [0, 0.1) is 34.5 Å². The molecule has 0 aliphatic heterocycles. The number of ketones is 1. The Balaban J connectivity index is 1.92. The summed E-state index contributed by atoms with van der Waals surface area (Å²) in [7, 11) is 1.45. The second kappa shape index (κ2) is 6.50. The number of carboxylic acids is 1. The van der Waals surface area contributed by atoms with Crippen LogP contribution in [0.1, 0.15) is 58.8 Å². The zero-order valence-corrected chi connectivity index (χ0v) is 16.0. The molecule has 1 N–H and O–H groups in total. The molecule has 3 fully saturated rings. The van der Waals surface area contributed by atoms with Crippen LogP contribution in [0.2, 0.25) is 0 Å². The minimum atomic E-state index is -0.862. The molecule has 6 atom stereocenters. The van der Waals surface area contributed by atoms with Crippen molar-refractivity contribution in [1.82, 2.24) is 0 Å². The van der Waals surface area contributed by atoms with E-state index in [1.54, 1.807) is 0 Å². The van der Waals surface area contributed by atoms with Crippen LogP contribution in [-0.2, 0) is 19.1 Å². The Labute approximate surface area is 155 Å². The van der Waals surface area contributed by atoms with Gasteiger partial charge in [0.25, 0.3) is 0 Å². The van der Waals surface area contributed by atoms with Gasteiger partial charge in [0.1, 0.15) is 0 Å². The van der Waals surface area contributed by atoms with Gasteiger partial charge in [-0.2, -0.15) is 0 Å². The summed E-state index contributed by atoms with van der Waals surface area (Å²) in [5.41, 5.74) is -0.115. The first-order valence-electron chi connectivity index (χ1n) is 9.67. The first-order valence-corrected chi connectivity index (χ1v) is 9.67. The molecule has 5 heteroatoms. The first-order chi connectivity index (χ1) is 12.1. The van der Waals surface area contributed by atoms with E-state index in [0.29, 0.717) is 30.3 Å². The molecule has 0 saturated heterocycles. The molecular formula is C21H30O5. The number of hydrogen-bond donors (Lipinski definition) is 1. The Kier molecular flexibility index (Phi) is 4.78. The minimum Gasteiger partial charge on any atom is -0.481 e. The average molecular weight is 362 g/mol. The highest BCUT2D eigenvalue weighted by atomic mass is 16.5. The van der Waals surface area contributed by atoms with Gasteiger partial charge in [0.15, 0.2) is 5.78 Å². The van der Waals surface area contributed by atoms with Crippen LogP contribution in [0.4, 0.5) is 0 Å². The van der Waals surface area contributed by atoms with E-state index in [9.17, 15) is 14.4 Å². The van der Waals surface area contributed by atoms with E-state index in [0.717, 1.165) is 25.7 Å². The lowest BCUT2D eigenvalue weighted by Gasteiger charge is -2.55. The molecule has 0 radical (unpaired) electrons. The fourth-order valence-corrected chi connectivity index (χ4v) is 6.51. The maximum absolute atomic E-state index is 12.9. The predicted octanol–water partition coefficient (Wildman–Crippen LogP) is 3.62. The van der Waals surface area contributed by atoms with Crippen molar-refractivity contribution in [2.75, 3.05) is 7.11 Å². The molecule has 3 aliphatic carbocycles. The van der Waals surface area contributed by atoms with Crippen molar-refractivity contribution in [3.63, 3.8) is 0 Å². The van der Waals surface area contributed by atoms with Crippen LogP contribution in [0.25, 0.3) is 0 Å². The van der Waals surface area contributed by atoms with Crippen LogP contribution in [-0.4, -0.2) is 29.9 Å². The Morgan fingerprint density at radius 2 is 1.92 bits per heavy atom. The Hall–Kier alpha value is -1.65. The topological polar surface area (TPSA) is 80.7 Å². The number of fused-ring (bicyclic) bond motifs is 3. The number of carbonyl (C=O) groups excluding carboxylic acids is 2. The number of allylic oxidation sites excluding steroid dienone is 1. The van der Waals surface area contributed by atoms with E-state index in [4.69, 9.17) is 9.84 Å². The van der Waals surface area contributed by atoms with Crippen molar-refractivity contribution in [3.8, 4) is 0 Å². The van der Waals surface area contributed by atoms with E-state index >= 15 is 0 Å². The summed E-state index contributed by atoms with van der Waals surface area (Å²) in [4.78, 5) is 36.4. The second-order valence-corrected chi connectivity index (χ2v) is 9.02. The van der Waals surface area contributed by atoms with Crippen molar-refractivity contribution < 1.29 is 24.2 Å². The average Bonchev–Trinajstić information content (AvgIpc) is 2.95. The number of carbonyl (C=O) groups is 3. The van der Waals surface area contributed by atoms with Gasteiger partial charge in [0.05, 0.1) is 13.0 Å². The largest absolute Gasteiger partial charge is 0.481 e. The molecule has 0 spiro atoms. The first kappa shape index (κ1) is 19.1. The quantitative estimate of drug-likeness (QED) is 0.610. The molecule has 26 heavy (non-hydrogen) atoms. The third kappa shape index (κ3) is 2.71. The minimum absolute atomic E-state index is 0.00542. The van der Waals surface area contributed by atoms with Gasteiger partial charge in [-0.25, -0.2) is 0 Å². The van der Waals surface area contributed by atoms with Crippen LogP contribution < -0.4 is 0 Å². The fraction of sp³-hybridized carbons (Fsp3) is 0.762. The van der Waals surface area contributed by atoms with Crippen LogP contribution in [0.15, 0.2) is 12.2 Å². The van der Waals surface area contributed by atoms with E-state index in [1.807, 2.05) is 6.92 Å². The summed E-state index contributed by atoms with van der Waals surface area (Å²) in [5.74, 6) is -0.173. The molecule has 3 saturated carbocycles. The smallest absolute Gasteiger partial charge is 0.309 e. The molecule has 5 nitrogen and oxygen atoms in total. The van der Waals surface area contributed by atoms with Gasteiger partial charge in [0.2, 0.25) is 0 Å². The van der Waals surface area contributed by atoms with E-state index in [1.165, 1.54) is 7.11 Å². The van der Waals surface area contributed by atoms with Crippen LogP contribution in [0.5, 0.6) is 0 Å². The zero-order valence-electron chi connectivity index (χ0n) is 16.0. The zero-order chi connectivity index (χ0) is 19.3. The monoisotopic (exact) mass is 362 g/mol. The normalized spacial score (nSPS) is 42.1. The van der Waals surface area contributed by atoms with Gasteiger partial charge in [-0.15, -0.1) is 0 Å². The number of aliphatic carboxylic acids is 1. The third-order valence-electron chi connectivity index (χ3n) is 7.92. The number of ether oxygens (including phenoxy) is 1. The highest BCUT2D eigenvalue weighted by molar-refractivity contribution is 6.00. The molecule has 0 amide bonds. The number of rotatable bonds is 4. The molecule has 0 heterocycles. The maximum atomic E-state index is 12.9. The van der Waals surface area contributed by atoms with E-state index < -0.39 is 11.4 Å². The standard InChI is InChI=1S/C21H30O5/c1-12-11-13-14-5-6-16(19(25)26-4)20(14,2)9-7-15(13)21(3,18(12)24)10-8-17(22)23/h13-16H,1,5-11H2,2-4H3,(H,22,23)/t13?,14?,15?,16-,20+,21-/m1/s1. The number of hydrogen-bond acceptors (Lipinski definition) is 4. The van der Waals surface area contributed by atoms with Crippen molar-refractivity contribution in [2.24, 2.45) is 34.5 Å². The van der Waals surface area contributed by atoms with Gasteiger partial charge in [0, 0.05) is 11.8 Å². The lowest BCUT2D eigenvalue weighted by molar-refractivity contribution is -0.155. The summed E-state index contributed by atoms with van der Waals surface area (Å²) < 4.78 is 5.05. The maximum Gasteiger partial charge on any atom is 0.309 e. The number of Topliss-reactive ketones (excluding diaryl/α,β-unsaturated/α-hetero) is 1. The Bertz CT molecular complexity index is 653. The van der Waals surface area contributed by atoms with Crippen LogP contribution >= 0.6 is 0 Å². The Morgan fingerprint density at radius 3 is 2.54 bits per heavy atom. The molecule has 0 aromatic rings. The SMILES string of the molecule is C=C1CC2C(CC[C@@]3(C)C2CC[C@@H]3C(=O)OC)[C@@](C)(CCC(=O)O)C1=O. The van der Waals surface area contributed by atoms with Crippen molar-refractivity contribution in [1.29, 1.82) is 0 Å². The van der Waals surface area contributed by atoms with Gasteiger partial charge in [-0.3, -0.25) is 14.4 Å². The molecule has 3 rings (SSSR count). The summed E-state index contributed by atoms with van der Waals surface area (Å²) in [6.07, 6.45) is 4.61. The highest BCUT2D eigenvalue weighted by Gasteiger charge is 2.61. The molecule has 3 aliphatic rings. The Morgan fingerprint density at radius 1 is 1.23 bits per heavy atom. The molecule has 0 bridgehead atoms. The lowest BCUT2D eigenvalue weighted by Crippen LogP contribution is -2.53. The van der Waals surface area contributed by atoms with E-state index in [-0.39, 0.29) is 35.4 Å². The molecular weight excluding hydrogens is 332 g/mol. The van der Waals surface area contributed by atoms with E-state index in [2.05, 4.69) is 13.5 Å². The van der Waals surface area contributed by atoms with Gasteiger partial charge >= 0.3 is 11.9 Å². The summed E-state index contributed by atoms with van der Waals surface area (Å²) in [5, 5.41) is 9.14. The predicted molar refractivity (Wildman–Crippen MR) is 96.3 cm³/mol. The summed E-state index contributed by atoms with van der Waals surface area (Å²) in [6, 6.07) is 0. The molecule has 0 aromatic heterocycles. The third-order valence-corrected chi connectivity index (χ3v) is 7.92. The molecule has 144 valence electrons. The lowest BCUT2D eigenvalue weighted by atomic mass is 9.48. The fourth-order valence-electron chi connectivity index (χ4n) is 6.51. The number of methoxy groups -OCH3 is 1. The van der Waals surface area contributed by atoms with Crippen molar-refractivity contribution in [3.05, 3.63) is 12.2 Å². The second-order valence-electron chi connectivity index (χ2n) is 9.02. The molecule has 3 unspecified atom stereocenters. The highest BCUT2D eigenvalue weighted by Crippen LogP contribution is 2.65. The summed E-state index contributed by atoms with van der Waals surface area (Å²) >= 11 is 0. The van der Waals surface area contributed by atoms with Crippen LogP contribution in [0.3, 0.4) is 0 Å². The number of esters is 1. The van der Waals surface area contributed by atoms with Crippen molar-refractivity contribution >= 4 is 17.7 Å². The molecule has 0 aromatic carbocycles. The van der Waals surface area contributed by atoms with Gasteiger partial charge in [-0.05, 0) is 67.3 Å².